The van der Waals surface area contributed by atoms with Crippen LogP contribution < -0.4 is 4.90 Å². The van der Waals surface area contributed by atoms with Crippen molar-refractivity contribution in [1.82, 2.24) is 19.8 Å². The number of hydrogen-bond donors (Lipinski definition) is 0. The van der Waals surface area contributed by atoms with E-state index in [0.717, 1.165) is 51.6 Å². The minimum absolute atomic E-state index is 0.248. The van der Waals surface area contributed by atoms with E-state index in [1.807, 2.05) is 0 Å². The molecule has 0 amide bonds. The molecule has 0 aromatic carbocycles. The third-order valence-corrected chi connectivity index (χ3v) is 6.15. The second-order valence-electron chi connectivity index (χ2n) is 9.12. The average molecular weight is 346 g/mol. The molecule has 5 nitrogen and oxygen atoms in total. The minimum Gasteiger partial charge on any atom is -0.338 e. The van der Waals surface area contributed by atoms with Crippen LogP contribution in [-0.2, 0) is 13.0 Å². The van der Waals surface area contributed by atoms with Crippen molar-refractivity contribution in [3.63, 3.8) is 0 Å². The fourth-order valence-electron chi connectivity index (χ4n) is 3.78. The van der Waals surface area contributed by atoms with Gasteiger partial charge in [-0.2, -0.15) is 0 Å². The maximum atomic E-state index is 4.94. The molecular formula is C20H35N5. The topological polar surface area (TPSA) is 35.5 Å². The molecule has 0 N–H and O–H groups in total. The van der Waals surface area contributed by atoms with Crippen LogP contribution in [0.25, 0.3) is 0 Å². The van der Waals surface area contributed by atoms with E-state index in [1.165, 1.54) is 17.7 Å². The molecule has 0 bridgehead atoms. The number of piperazine rings is 1. The highest BCUT2D eigenvalue weighted by Gasteiger charge is 2.30. The van der Waals surface area contributed by atoms with E-state index in [2.05, 4.69) is 62.4 Å². The number of hydrogen-bond acceptors (Lipinski definition) is 5. The minimum atomic E-state index is 0.248. The lowest BCUT2D eigenvalue weighted by molar-refractivity contribution is 0.0992. The van der Waals surface area contributed by atoms with Gasteiger partial charge in [-0.25, -0.2) is 9.97 Å². The summed E-state index contributed by atoms with van der Waals surface area (Å²) >= 11 is 0. The summed E-state index contributed by atoms with van der Waals surface area (Å²) in [4.78, 5) is 17.1. The van der Waals surface area contributed by atoms with Crippen LogP contribution in [0.3, 0.4) is 0 Å². The van der Waals surface area contributed by atoms with Crippen LogP contribution in [0.4, 0.5) is 5.95 Å². The van der Waals surface area contributed by atoms with Crippen molar-refractivity contribution in [2.45, 2.75) is 72.0 Å². The summed E-state index contributed by atoms with van der Waals surface area (Å²) in [5, 5.41) is 0. The lowest BCUT2D eigenvalue weighted by atomic mass is 9.95. The molecule has 25 heavy (non-hydrogen) atoms. The van der Waals surface area contributed by atoms with Gasteiger partial charge < -0.3 is 4.90 Å². The van der Waals surface area contributed by atoms with Crippen molar-refractivity contribution in [2.75, 3.05) is 37.6 Å². The summed E-state index contributed by atoms with van der Waals surface area (Å²) < 4.78 is 0. The molecule has 5 heteroatoms. The van der Waals surface area contributed by atoms with Gasteiger partial charge in [0.2, 0.25) is 5.95 Å². The first-order valence-corrected chi connectivity index (χ1v) is 9.80. The van der Waals surface area contributed by atoms with Crippen LogP contribution >= 0.6 is 0 Å². The van der Waals surface area contributed by atoms with Crippen LogP contribution in [0.5, 0.6) is 0 Å². The molecule has 1 saturated heterocycles. The van der Waals surface area contributed by atoms with E-state index >= 15 is 0 Å². The Morgan fingerprint density at radius 1 is 0.960 bits per heavy atom. The first-order valence-electron chi connectivity index (χ1n) is 9.80. The van der Waals surface area contributed by atoms with Crippen molar-refractivity contribution in [2.24, 2.45) is 0 Å². The van der Waals surface area contributed by atoms with Crippen molar-refractivity contribution >= 4 is 5.95 Å². The number of fused-ring (bicyclic) bond motifs is 1. The Morgan fingerprint density at radius 3 is 2.24 bits per heavy atom. The van der Waals surface area contributed by atoms with Gasteiger partial charge in [-0.05, 0) is 41.0 Å². The van der Waals surface area contributed by atoms with Crippen LogP contribution in [0.1, 0.15) is 59.2 Å². The predicted octanol–water partition coefficient (Wildman–Crippen LogP) is 2.94. The Morgan fingerprint density at radius 2 is 1.64 bits per heavy atom. The summed E-state index contributed by atoms with van der Waals surface area (Å²) in [6.45, 7) is 20.1. The number of nitrogens with zero attached hydrogens (tertiary/aromatic N) is 5. The number of aromatic nitrogens is 2. The number of anilines is 1. The quantitative estimate of drug-likeness (QED) is 0.842. The van der Waals surface area contributed by atoms with E-state index in [0.29, 0.717) is 0 Å². The molecule has 0 atom stereocenters. The average Bonchev–Trinajstić information content (AvgIpc) is 2.60. The molecule has 0 unspecified atom stereocenters. The molecule has 3 heterocycles. The summed E-state index contributed by atoms with van der Waals surface area (Å²) in [7, 11) is 0. The smallest absolute Gasteiger partial charge is 0.225 e. The zero-order chi connectivity index (χ0) is 18.2. The SMILES string of the molecule is CCC(C)(C)N1CCc2nc(N3CCN(C(C)(C)C)CC3)ncc2C1. The van der Waals surface area contributed by atoms with Crippen LogP contribution in [0.2, 0.25) is 0 Å². The summed E-state index contributed by atoms with van der Waals surface area (Å²) in [6.07, 6.45) is 4.28. The molecule has 2 aliphatic rings. The first kappa shape index (κ1) is 18.6. The van der Waals surface area contributed by atoms with Gasteiger partial charge in [0.25, 0.3) is 0 Å². The van der Waals surface area contributed by atoms with Crippen molar-refractivity contribution < 1.29 is 0 Å². The molecule has 0 saturated carbocycles. The fourth-order valence-corrected chi connectivity index (χ4v) is 3.78. The zero-order valence-electron chi connectivity index (χ0n) is 17.0. The van der Waals surface area contributed by atoms with Crippen molar-refractivity contribution in [1.29, 1.82) is 0 Å². The third-order valence-electron chi connectivity index (χ3n) is 6.15. The Bertz CT molecular complexity index is 597. The van der Waals surface area contributed by atoms with E-state index in [9.17, 15) is 0 Å². The molecule has 0 aliphatic carbocycles. The summed E-state index contributed by atoms with van der Waals surface area (Å²) in [5.41, 5.74) is 3.06. The van der Waals surface area contributed by atoms with E-state index in [-0.39, 0.29) is 11.1 Å². The third kappa shape index (κ3) is 3.98. The Labute approximate surface area is 153 Å². The van der Waals surface area contributed by atoms with Gasteiger partial charge in [0.1, 0.15) is 0 Å². The molecule has 0 radical (unpaired) electrons. The second-order valence-corrected chi connectivity index (χ2v) is 9.12. The molecule has 2 aliphatic heterocycles. The standard InChI is InChI=1S/C20H35N5/c1-7-20(5,6)25-9-8-17-16(15-25)14-21-18(22-17)23-10-12-24(13-11-23)19(2,3)4/h14H,7-13,15H2,1-6H3. The van der Waals surface area contributed by atoms with E-state index in [1.54, 1.807) is 0 Å². The van der Waals surface area contributed by atoms with Crippen LogP contribution in [-0.4, -0.2) is 63.6 Å². The highest BCUT2D eigenvalue weighted by Crippen LogP contribution is 2.27. The van der Waals surface area contributed by atoms with E-state index in [4.69, 9.17) is 9.97 Å². The van der Waals surface area contributed by atoms with Gasteiger partial charge in [-0.3, -0.25) is 9.80 Å². The normalized spacial score (nSPS) is 20.6. The summed E-state index contributed by atoms with van der Waals surface area (Å²) in [5.74, 6) is 0.926. The first-order chi connectivity index (χ1) is 11.7. The lowest BCUT2D eigenvalue weighted by Crippen LogP contribution is -2.53. The van der Waals surface area contributed by atoms with Gasteiger partial charge in [-0.1, -0.05) is 6.92 Å². The maximum absolute atomic E-state index is 4.94. The number of rotatable bonds is 3. The summed E-state index contributed by atoms with van der Waals surface area (Å²) in [6, 6.07) is 0. The molecule has 3 rings (SSSR count). The van der Waals surface area contributed by atoms with Gasteiger partial charge in [0.05, 0.1) is 5.69 Å². The largest absolute Gasteiger partial charge is 0.338 e. The van der Waals surface area contributed by atoms with Gasteiger partial charge in [0, 0.05) is 68.5 Å². The molecule has 1 aromatic rings. The Kier molecular flexibility index (Phi) is 5.09. The monoisotopic (exact) mass is 345 g/mol. The predicted molar refractivity (Wildman–Crippen MR) is 104 cm³/mol. The van der Waals surface area contributed by atoms with Gasteiger partial charge >= 0.3 is 0 Å². The van der Waals surface area contributed by atoms with Crippen LogP contribution in [0.15, 0.2) is 6.20 Å². The lowest BCUT2D eigenvalue weighted by Gasteiger charge is -2.43. The van der Waals surface area contributed by atoms with Crippen LogP contribution in [0, 0.1) is 0 Å². The van der Waals surface area contributed by atoms with Gasteiger partial charge in [-0.15, -0.1) is 0 Å². The highest BCUT2D eigenvalue weighted by atomic mass is 15.3. The molecule has 1 aromatic heterocycles. The molecule has 140 valence electrons. The maximum Gasteiger partial charge on any atom is 0.225 e. The molecule has 0 spiro atoms. The Hall–Kier alpha value is -1.20. The van der Waals surface area contributed by atoms with Crippen molar-refractivity contribution in [3.8, 4) is 0 Å². The Balaban J connectivity index is 1.68. The molecular weight excluding hydrogens is 310 g/mol. The fraction of sp³-hybridized carbons (Fsp3) is 0.800. The highest BCUT2D eigenvalue weighted by molar-refractivity contribution is 5.35. The molecule has 1 fully saturated rings. The van der Waals surface area contributed by atoms with Gasteiger partial charge in [0.15, 0.2) is 0 Å². The zero-order valence-corrected chi connectivity index (χ0v) is 17.0. The van der Waals surface area contributed by atoms with Crippen molar-refractivity contribution in [3.05, 3.63) is 17.5 Å². The van der Waals surface area contributed by atoms with E-state index < -0.39 is 0 Å². The second kappa shape index (κ2) is 6.84.